The number of carbonyl (C=O) groups excluding carboxylic acids is 1. The molecule has 0 aromatic carbocycles. The molecule has 2 aliphatic rings. The van der Waals surface area contributed by atoms with Crippen LogP contribution in [0.5, 0.6) is 0 Å². The van der Waals surface area contributed by atoms with E-state index in [1.165, 1.54) is 12.8 Å². The minimum absolute atomic E-state index is 0.147. The van der Waals surface area contributed by atoms with Gasteiger partial charge in [-0.3, -0.25) is 4.79 Å². The molecule has 92 valence electrons. The van der Waals surface area contributed by atoms with Crippen LogP contribution in [0.15, 0.2) is 0 Å². The second kappa shape index (κ2) is 5.64. The van der Waals surface area contributed by atoms with E-state index in [1.807, 2.05) is 0 Å². The highest BCUT2D eigenvalue weighted by molar-refractivity contribution is 5.78. The predicted octanol–water partition coefficient (Wildman–Crippen LogP) is 0.385. The fourth-order valence-electron chi connectivity index (χ4n) is 2.24. The Morgan fingerprint density at radius 1 is 1.44 bits per heavy atom. The van der Waals surface area contributed by atoms with Crippen LogP contribution in [0.2, 0.25) is 0 Å². The summed E-state index contributed by atoms with van der Waals surface area (Å²) >= 11 is 0. The molecule has 1 aliphatic heterocycles. The molecule has 16 heavy (non-hydrogen) atoms. The summed E-state index contributed by atoms with van der Waals surface area (Å²) in [6, 6.07) is 1.54. The molecule has 0 aromatic heterocycles. The van der Waals surface area contributed by atoms with Gasteiger partial charge < -0.3 is 16.0 Å². The zero-order chi connectivity index (χ0) is 11.4. The molecule has 3 N–H and O–H groups in total. The number of rotatable bonds is 6. The van der Waals surface area contributed by atoms with Crippen molar-refractivity contribution in [3.05, 3.63) is 0 Å². The van der Waals surface area contributed by atoms with Crippen LogP contribution < -0.4 is 16.0 Å². The molecular formula is C12H23N3O. The van der Waals surface area contributed by atoms with Crippen LogP contribution >= 0.6 is 0 Å². The van der Waals surface area contributed by atoms with Crippen molar-refractivity contribution in [2.45, 2.75) is 57.2 Å². The van der Waals surface area contributed by atoms with Gasteiger partial charge in [-0.2, -0.15) is 0 Å². The van der Waals surface area contributed by atoms with Gasteiger partial charge in [0.1, 0.15) is 0 Å². The van der Waals surface area contributed by atoms with Crippen LogP contribution in [0.25, 0.3) is 0 Å². The Bertz CT molecular complexity index is 234. The van der Waals surface area contributed by atoms with Crippen molar-refractivity contribution in [2.75, 3.05) is 13.1 Å². The van der Waals surface area contributed by atoms with Crippen molar-refractivity contribution in [1.29, 1.82) is 0 Å². The first-order valence-corrected chi connectivity index (χ1v) is 6.50. The van der Waals surface area contributed by atoms with Crippen LogP contribution in [0.1, 0.15) is 39.0 Å². The van der Waals surface area contributed by atoms with Gasteiger partial charge in [-0.25, -0.2) is 0 Å². The standard InChI is InChI=1S/C12H23N3O/c1-9(7-11-3-2-6-13-11)14-8-12(16)15-10-4-5-10/h9-11,13-14H,2-8H2,1H3,(H,15,16). The summed E-state index contributed by atoms with van der Waals surface area (Å²) in [5.74, 6) is 0.147. The van der Waals surface area contributed by atoms with Crippen molar-refractivity contribution >= 4 is 5.91 Å². The average molecular weight is 225 g/mol. The van der Waals surface area contributed by atoms with Gasteiger partial charge in [0.25, 0.3) is 0 Å². The van der Waals surface area contributed by atoms with E-state index in [-0.39, 0.29) is 5.91 Å². The number of nitrogens with one attached hydrogen (secondary N) is 3. The Hall–Kier alpha value is -0.610. The maximum absolute atomic E-state index is 11.4. The lowest BCUT2D eigenvalue weighted by Crippen LogP contribution is -2.41. The van der Waals surface area contributed by atoms with Crippen LogP contribution in [-0.2, 0) is 4.79 Å². The third-order valence-corrected chi connectivity index (χ3v) is 3.35. The van der Waals surface area contributed by atoms with Gasteiger partial charge in [-0.05, 0) is 45.6 Å². The molecule has 1 aliphatic carbocycles. The lowest BCUT2D eigenvalue weighted by molar-refractivity contribution is -0.120. The second-order valence-electron chi connectivity index (χ2n) is 5.15. The van der Waals surface area contributed by atoms with E-state index in [2.05, 4.69) is 22.9 Å². The zero-order valence-corrected chi connectivity index (χ0v) is 10.1. The van der Waals surface area contributed by atoms with Crippen LogP contribution in [-0.4, -0.2) is 37.1 Å². The molecule has 1 heterocycles. The molecule has 0 bridgehead atoms. The molecule has 1 saturated heterocycles. The molecule has 0 radical (unpaired) electrons. The van der Waals surface area contributed by atoms with E-state index in [0.717, 1.165) is 25.8 Å². The average Bonchev–Trinajstić information content (AvgIpc) is 2.91. The Morgan fingerprint density at radius 3 is 2.88 bits per heavy atom. The Labute approximate surface area is 97.6 Å². The zero-order valence-electron chi connectivity index (χ0n) is 10.1. The summed E-state index contributed by atoms with van der Waals surface area (Å²) in [5, 5.41) is 9.75. The Morgan fingerprint density at radius 2 is 2.25 bits per heavy atom. The quantitative estimate of drug-likeness (QED) is 0.613. The van der Waals surface area contributed by atoms with E-state index in [9.17, 15) is 4.79 Å². The van der Waals surface area contributed by atoms with Crippen molar-refractivity contribution in [3.63, 3.8) is 0 Å². The van der Waals surface area contributed by atoms with Gasteiger partial charge >= 0.3 is 0 Å². The van der Waals surface area contributed by atoms with E-state index in [1.54, 1.807) is 0 Å². The van der Waals surface area contributed by atoms with Gasteiger partial charge in [0, 0.05) is 18.1 Å². The molecule has 0 spiro atoms. The molecule has 2 atom stereocenters. The summed E-state index contributed by atoms with van der Waals surface area (Å²) in [5.41, 5.74) is 0. The van der Waals surface area contributed by atoms with Crippen molar-refractivity contribution in [3.8, 4) is 0 Å². The molecule has 4 heteroatoms. The van der Waals surface area contributed by atoms with Gasteiger partial charge in [0.15, 0.2) is 0 Å². The third kappa shape index (κ3) is 4.10. The topological polar surface area (TPSA) is 53.2 Å². The summed E-state index contributed by atoms with van der Waals surface area (Å²) in [6.07, 6.45) is 6.01. The van der Waals surface area contributed by atoms with Gasteiger partial charge in [-0.15, -0.1) is 0 Å². The molecular weight excluding hydrogens is 202 g/mol. The molecule has 2 fully saturated rings. The smallest absolute Gasteiger partial charge is 0.234 e. The Balaban J connectivity index is 1.55. The molecule has 1 saturated carbocycles. The first-order valence-electron chi connectivity index (χ1n) is 6.50. The van der Waals surface area contributed by atoms with Gasteiger partial charge in [0.05, 0.1) is 6.54 Å². The van der Waals surface area contributed by atoms with E-state index in [4.69, 9.17) is 0 Å². The lowest BCUT2D eigenvalue weighted by Gasteiger charge is -2.18. The molecule has 1 amide bonds. The fourth-order valence-corrected chi connectivity index (χ4v) is 2.24. The predicted molar refractivity (Wildman–Crippen MR) is 64.3 cm³/mol. The summed E-state index contributed by atoms with van der Waals surface area (Å²) in [6.45, 7) is 3.77. The highest BCUT2D eigenvalue weighted by Gasteiger charge is 2.23. The minimum atomic E-state index is 0.147. The number of hydrogen-bond donors (Lipinski definition) is 3. The van der Waals surface area contributed by atoms with Crippen LogP contribution in [0, 0.1) is 0 Å². The SMILES string of the molecule is CC(CC1CCCN1)NCC(=O)NC1CC1. The largest absolute Gasteiger partial charge is 0.352 e. The second-order valence-corrected chi connectivity index (χ2v) is 5.15. The molecule has 4 nitrogen and oxygen atoms in total. The highest BCUT2D eigenvalue weighted by Crippen LogP contribution is 2.18. The number of amides is 1. The van der Waals surface area contributed by atoms with Crippen LogP contribution in [0.3, 0.4) is 0 Å². The summed E-state index contributed by atoms with van der Waals surface area (Å²) < 4.78 is 0. The van der Waals surface area contributed by atoms with Crippen molar-refractivity contribution in [2.24, 2.45) is 0 Å². The van der Waals surface area contributed by atoms with Crippen molar-refractivity contribution < 1.29 is 4.79 Å². The first-order chi connectivity index (χ1) is 7.74. The van der Waals surface area contributed by atoms with Crippen molar-refractivity contribution in [1.82, 2.24) is 16.0 Å². The summed E-state index contributed by atoms with van der Waals surface area (Å²) in [7, 11) is 0. The minimum Gasteiger partial charge on any atom is -0.352 e. The molecule has 2 unspecified atom stereocenters. The monoisotopic (exact) mass is 225 g/mol. The lowest BCUT2D eigenvalue weighted by atomic mass is 10.1. The van der Waals surface area contributed by atoms with E-state index < -0.39 is 0 Å². The normalized spacial score (nSPS) is 26.7. The van der Waals surface area contributed by atoms with Gasteiger partial charge in [0.2, 0.25) is 5.91 Å². The van der Waals surface area contributed by atoms with E-state index >= 15 is 0 Å². The molecule has 2 rings (SSSR count). The third-order valence-electron chi connectivity index (χ3n) is 3.35. The highest BCUT2D eigenvalue weighted by atomic mass is 16.2. The summed E-state index contributed by atoms with van der Waals surface area (Å²) in [4.78, 5) is 11.4. The first kappa shape index (κ1) is 11.9. The van der Waals surface area contributed by atoms with Crippen LogP contribution in [0.4, 0.5) is 0 Å². The number of hydrogen-bond acceptors (Lipinski definition) is 3. The molecule has 0 aromatic rings. The maximum Gasteiger partial charge on any atom is 0.234 e. The van der Waals surface area contributed by atoms with Gasteiger partial charge in [-0.1, -0.05) is 0 Å². The maximum atomic E-state index is 11.4. The Kier molecular flexibility index (Phi) is 4.18. The van der Waals surface area contributed by atoms with E-state index in [0.29, 0.717) is 24.7 Å². The number of carbonyl (C=O) groups is 1. The fraction of sp³-hybridized carbons (Fsp3) is 0.917.